The molecule has 0 aliphatic carbocycles. The number of ketones is 1. The van der Waals surface area contributed by atoms with E-state index in [0.717, 1.165) is 23.3 Å². The van der Waals surface area contributed by atoms with E-state index in [1.165, 1.54) is 6.07 Å². The third kappa shape index (κ3) is 6.75. The van der Waals surface area contributed by atoms with Crippen LogP contribution in [0.15, 0.2) is 115 Å². The van der Waals surface area contributed by atoms with Gasteiger partial charge < -0.3 is 9.42 Å². The molecule has 4 nitrogen and oxygen atoms in total. The zero-order valence-corrected chi connectivity index (χ0v) is 21.7. The summed E-state index contributed by atoms with van der Waals surface area (Å²) < 4.78 is 56.5. The maximum absolute atomic E-state index is 14.9. The molecule has 0 fully saturated rings. The summed E-state index contributed by atoms with van der Waals surface area (Å²) in [5.74, 6) is -2.03. The van der Waals surface area contributed by atoms with Gasteiger partial charge in [-0.2, -0.15) is 8.78 Å². The van der Waals surface area contributed by atoms with Crippen LogP contribution in [0.5, 0.6) is 5.75 Å². The minimum atomic E-state index is -5.35. The summed E-state index contributed by atoms with van der Waals surface area (Å²) in [5, 5.41) is 0. The lowest BCUT2D eigenvalue weighted by Crippen LogP contribution is -2.38. The molecule has 0 aliphatic heterocycles. The number of halogens is 3. The second kappa shape index (κ2) is 12.3. The van der Waals surface area contributed by atoms with Crippen molar-refractivity contribution in [1.82, 2.24) is 0 Å². The van der Waals surface area contributed by atoms with Crippen LogP contribution in [-0.2, 0) is 16.4 Å². The average Bonchev–Trinajstić information content (AvgIpc) is 2.95. The fourth-order valence-electron chi connectivity index (χ4n) is 4.44. The predicted molar refractivity (Wildman–Crippen MR) is 146 cm³/mol. The van der Waals surface area contributed by atoms with Gasteiger partial charge in [0.2, 0.25) is 0 Å². The Bertz CT molecular complexity index is 1480. The molecule has 2 atom stereocenters. The van der Waals surface area contributed by atoms with Crippen LogP contribution in [0.2, 0.25) is 0 Å². The molecular formula is C31H26F3O4P. The largest absolute Gasteiger partial charge is 0.442 e. The third-order valence-electron chi connectivity index (χ3n) is 6.35. The highest BCUT2D eigenvalue weighted by Crippen LogP contribution is 2.49. The minimum Gasteiger partial charge on any atom is -0.418 e. The van der Waals surface area contributed by atoms with Gasteiger partial charge in [0.25, 0.3) is 0 Å². The molecule has 0 amide bonds. The number of Topliss-reactive ketones (excluding diaryl/α,β-unsaturated/α-hetero) is 1. The van der Waals surface area contributed by atoms with Crippen molar-refractivity contribution in [3.05, 3.63) is 143 Å². The molecule has 0 aromatic heterocycles. The first-order valence-electron chi connectivity index (χ1n) is 12.2. The van der Waals surface area contributed by atoms with E-state index in [9.17, 15) is 27.4 Å². The summed E-state index contributed by atoms with van der Waals surface area (Å²) in [6.45, 7) is 0. The fourth-order valence-corrected chi connectivity index (χ4v) is 4.95. The molecule has 0 aliphatic rings. The second-order valence-corrected chi connectivity index (χ2v) is 10.7. The van der Waals surface area contributed by atoms with Crippen molar-refractivity contribution < 1.29 is 31.9 Å². The summed E-state index contributed by atoms with van der Waals surface area (Å²) in [7, 11) is -5.35. The Labute approximate surface area is 224 Å². The quantitative estimate of drug-likeness (QED) is 0.152. The van der Waals surface area contributed by atoms with Gasteiger partial charge >= 0.3 is 13.8 Å². The zero-order chi connectivity index (χ0) is 27.9. The minimum absolute atomic E-state index is 0.0622. The lowest BCUT2D eigenvalue weighted by molar-refractivity contribution is 0.0882. The molecule has 2 unspecified atom stereocenters. The number of hydrogen-bond donors (Lipinski definition) is 1. The molecule has 4 aromatic carbocycles. The SMILES string of the molecule is O=C(c1ccccc1)C(CC=Cc1ccccc1)(Cc1ccc(OP(=O)(O)C(F)F)c(F)c1)c1ccccc1. The van der Waals surface area contributed by atoms with Gasteiger partial charge in [-0.3, -0.25) is 4.79 Å². The molecule has 0 spiro atoms. The first-order valence-corrected chi connectivity index (χ1v) is 13.8. The molecule has 8 heteroatoms. The van der Waals surface area contributed by atoms with Crippen molar-refractivity contribution in [3.63, 3.8) is 0 Å². The van der Waals surface area contributed by atoms with Gasteiger partial charge in [0, 0.05) is 5.56 Å². The van der Waals surface area contributed by atoms with Crippen LogP contribution in [0.3, 0.4) is 0 Å². The Morgan fingerprint density at radius 2 is 1.49 bits per heavy atom. The Morgan fingerprint density at radius 1 is 0.897 bits per heavy atom. The molecule has 4 rings (SSSR count). The molecule has 4 aromatic rings. The predicted octanol–water partition coefficient (Wildman–Crippen LogP) is 8.08. The summed E-state index contributed by atoms with van der Waals surface area (Å²) in [6, 6.07) is 31.0. The van der Waals surface area contributed by atoms with Crippen LogP contribution < -0.4 is 4.52 Å². The normalized spacial score (nSPS) is 14.6. The average molecular weight is 551 g/mol. The van der Waals surface area contributed by atoms with Gasteiger partial charge in [0.15, 0.2) is 17.3 Å². The number of carbonyl (C=O) groups is 1. The van der Waals surface area contributed by atoms with Crippen LogP contribution in [0.25, 0.3) is 6.08 Å². The molecule has 0 saturated carbocycles. The van der Waals surface area contributed by atoms with E-state index in [1.54, 1.807) is 24.3 Å². The smallest absolute Gasteiger partial charge is 0.418 e. The molecule has 0 bridgehead atoms. The number of alkyl halides is 2. The third-order valence-corrected chi connectivity index (χ3v) is 7.30. The highest BCUT2D eigenvalue weighted by molar-refractivity contribution is 7.53. The van der Waals surface area contributed by atoms with Crippen LogP contribution in [0, 0.1) is 5.82 Å². The van der Waals surface area contributed by atoms with E-state index in [4.69, 9.17) is 0 Å². The van der Waals surface area contributed by atoms with Crippen molar-refractivity contribution in [2.75, 3.05) is 0 Å². The van der Waals surface area contributed by atoms with Crippen LogP contribution in [0.1, 0.15) is 33.5 Å². The number of carbonyl (C=O) groups excluding carboxylic acids is 1. The first kappa shape index (κ1) is 28.1. The molecule has 0 saturated heterocycles. The lowest BCUT2D eigenvalue weighted by atomic mass is 9.68. The van der Waals surface area contributed by atoms with E-state index in [1.807, 2.05) is 78.9 Å². The monoisotopic (exact) mass is 550 g/mol. The molecule has 39 heavy (non-hydrogen) atoms. The van der Waals surface area contributed by atoms with Crippen molar-refractivity contribution in [2.24, 2.45) is 0 Å². The van der Waals surface area contributed by atoms with Crippen molar-refractivity contribution in [1.29, 1.82) is 0 Å². The standard InChI is InChI=1S/C31H26F3O4P/c32-27-21-24(18-19-28(27)38-39(36,37)30(33)34)22-31(26-16-8-3-9-17-26,29(35)25-14-6-2-7-15-25)20-10-13-23-11-4-1-5-12-23/h1-19,21,30H,20,22H2,(H,36,37). The van der Waals surface area contributed by atoms with Gasteiger partial charge in [-0.25, -0.2) is 8.96 Å². The van der Waals surface area contributed by atoms with Crippen molar-refractivity contribution in [2.45, 2.75) is 24.4 Å². The topological polar surface area (TPSA) is 63.6 Å². The number of rotatable bonds is 11. The summed E-state index contributed by atoms with van der Waals surface area (Å²) >= 11 is 0. The number of hydrogen-bond acceptors (Lipinski definition) is 3. The van der Waals surface area contributed by atoms with E-state index >= 15 is 0 Å². The maximum Gasteiger partial charge on any atom is 0.442 e. The van der Waals surface area contributed by atoms with Crippen molar-refractivity contribution in [3.8, 4) is 5.75 Å². The van der Waals surface area contributed by atoms with Gasteiger partial charge in [0.05, 0.1) is 5.41 Å². The zero-order valence-electron chi connectivity index (χ0n) is 20.8. The number of benzene rings is 4. The highest BCUT2D eigenvalue weighted by atomic mass is 31.2. The molecule has 1 N–H and O–H groups in total. The van der Waals surface area contributed by atoms with Gasteiger partial charge in [0.1, 0.15) is 0 Å². The molecular weight excluding hydrogens is 524 g/mol. The Hall–Kier alpha value is -3.93. The Morgan fingerprint density at radius 3 is 2.08 bits per heavy atom. The number of allylic oxidation sites excluding steroid dienone is 1. The second-order valence-electron chi connectivity index (χ2n) is 9.04. The highest BCUT2D eigenvalue weighted by Gasteiger charge is 2.40. The summed E-state index contributed by atoms with van der Waals surface area (Å²) in [4.78, 5) is 23.6. The Balaban J connectivity index is 1.78. The van der Waals surface area contributed by atoms with Gasteiger partial charge in [-0.15, -0.1) is 0 Å². The lowest BCUT2D eigenvalue weighted by Gasteiger charge is -2.33. The van der Waals surface area contributed by atoms with E-state index < -0.39 is 30.7 Å². The van der Waals surface area contributed by atoms with Crippen LogP contribution >= 0.6 is 7.60 Å². The van der Waals surface area contributed by atoms with Gasteiger partial charge in [-0.1, -0.05) is 109 Å². The first-order chi connectivity index (χ1) is 18.7. The van der Waals surface area contributed by atoms with Crippen LogP contribution in [0.4, 0.5) is 13.2 Å². The summed E-state index contributed by atoms with van der Waals surface area (Å²) in [6.07, 6.45) is 0.476. The maximum atomic E-state index is 14.9. The van der Waals surface area contributed by atoms with E-state index in [0.29, 0.717) is 11.1 Å². The van der Waals surface area contributed by atoms with Crippen molar-refractivity contribution >= 4 is 19.5 Å². The van der Waals surface area contributed by atoms with E-state index in [2.05, 4.69) is 4.52 Å². The van der Waals surface area contributed by atoms with E-state index in [-0.39, 0.29) is 18.6 Å². The summed E-state index contributed by atoms with van der Waals surface area (Å²) in [5.41, 5.74) is 1.37. The van der Waals surface area contributed by atoms with Crippen LogP contribution in [-0.4, -0.2) is 16.8 Å². The molecule has 200 valence electrons. The Kier molecular flexibility index (Phi) is 8.85. The van der Waals surface area contributed by atoms with Gasteiger partial charge in [-0.05, 0) is 41.7 Å². The molecule has 0 radical (unpaired) electrons. The molecule has 0 heterocycles. The fraction of sp³-hybridized carbons (Fsp3) is 0.129.